The Morgan fingerprint density at radius 3 is 2.71 bits per heavy atom. The summed E-state index contributed by atoms with van der Waals surface area (Å²) in [5.41, 5.74) is 3.18. The number of methoxy groups -OCH3 is 1. The van der Waals surface area contributed by atoms with Crippen molar-refractivity contribution in [3.05, 3.63) is 29.3 Å². The van der Waals surface area contributed by atoms with E-state index in [1.54, 1.807) is 18.2 Å². The average Bonchev–Trinajstić information content (AvgIpc) is 2.51. The van der Waals surface area contributed by atoms with Gasteiger partial charge in [0.15, 0.2) is 0 Å². The van der Waals surface area contributed by atoms with Crippen LogP contribution in [-0.4, -0.2) is 7.11 Å². The molecule has 74 valence electrons. The summed E-state index contributed by atoms with van der Waals surface area (Å²) in [6, 6.07) is 6.65. The molecule has 1 saturated carbocycles. The number of hydrogen-bond donors (Lipinski definition) is 0. The Balaban J connectivity index is 2.08. The molecule has 2 unspecified atom stereocenters. The van der Waals surface area contributed by atoms with E-state index in [0.717, 1.165) is 17.6 Å². The standard InChI is InChI=1S/C13H16O/c1-14-11-5-6-12-9-3-2-4-10(7-9)13(12)8-11/h5-6,8-10H,2-4,7H2,1H3. The van der Waals surface area contributed by atoms with Gasteiger partial charge in [-0.15, -0.1) is 0 Å². The molecule has 0 heterocycles. The zero-order valence-corrected chi connectivity index (χ0v) is 8.62. The van der Waals surface area contributed by atoms with E-state index in [0.29, 0.717) is 0 Å². The second-order valence-corrected chi connectivity index (χ2v) is 4.56. The largest absolute Gasteiger partial charge is 0.497 e. The molecule has 0 aliphatic heterocycles. The van der Waals surface area contributed by atoms with Gasteiger partial charge in [0.1, 0.15) is 5.75 Å². The minimum Gasteiger partial charge on any atom is -0.497 e. The fourth-order valence-corrected chi connectivity index (χ4v) is 3.16. The van der Waals surface area contributed by atoms with Crippen molar-refractivity contribution >= 4 is 0 Å². The van der Waals surface area contributed by atoms with Crippen LogP contribution in [-0.2, 0) is 0 Å². The number of hydrogen-bond acceptors (Lipinski definition) is 1. The Morgan fingerprint density at radius 1 is 1.14 bits per heavy atom. The molecule has 3 rings (SSSR count). The molecular weight excluding hydrogens is 172 g/mol. The summed E-state index contributed by atoms with van der Waals surface area (Å²) in [7, 11) is 1.75. The van der Waals surface area contributed by atoms with Crippen LogP contribution >= 0.6 is 0 Å². The first kappa shape index (κ1) is 8.34. The smallest absolute Gasteiger partial charge is 0.119 e. The van der Waals surface area contributed by atoms with Gasteiger partial charge in [0.25, 0.3) is 0 Å². The maximum absolute atomic E-state index is 5.29. The van der Waals surface area contributed by atoms with Crippen molar-refractivity contribution < 1.29 is 4.74 Å². The van der Waals surface area contributed by atoms with Crippen molar-refractivity contribution in [3.8, 4) is 5.75 Å². The van der Waals surface area contributed by atoms with Gasteiger partial charge in [-0.25, -0.2) is 0 Å². The number of ether oxygens (including phenoxy) is 1. The zero-order chi connectivity index (χ0) is 9.54. The van der Waals surface area contributed by atoms with Gasteiger partial charge in [0.05, 0.1) is 7.11 Å². The van der Waals surface area contributed by atoms with E-state index in [9.17, 15) is 0 Å². The lowest BCUT2D eigenvalue weighted by Crippen LogP contribution is -2.01. The van der Waals surface area contributed by atoms with E-state index in [1.807, 2.05) is 0 Å². The molecular formula is C13H16O. The second kappa shape index (κ2) is 3.01. The third-order valence-electron chi connectivity index (χ3n) is 3.85. The molecule has 1 aromatic carbocycles. The summed E-state index contributed by atoms with van der Waals surface area (Å²) in [5.74, 6) is 2.71. The van der Waals surface area contributed by atoms with Crippen LogP contribution in [0.4, 0.5) is 0 Å². The summed E-state index contributed by atoms with van der Waals surface area (Å²) in [5, 5.41) is 0. The summed E-state index contributed by atoms with van der Waals surface area (Å²) in [6.07, 6.45) is 5.58. The first-order chi connectivity index (χ1) is 6.88. The maximum Gasteiger partial charge on any atom is 0.119 e. The molecule has 0 aromatic heterocycles. The van der Waals surface area contributed by atoms with Crippen LogP contribution in [0.25, 0.3) is 0 Å². The molecule has 2 aliphatic rings. The lowest BCUT2D eigenvalue weighted by Gasteiger charge is -2.18. The molecule has 2 atom stereocenters. The molecule has 1 heteroatoms. The molecule has 14 heavy (non-hydrogen) atoms. The second-order valence-electron chi connectivity index (χ2n) is 4.56. The molecule has 0 amide bonds. The Kier molecular flexibility index (Phi) is 1.79. The van der Waals surface area contributed by atoms with Gasteiger partial charge in [-0.2, -0.15) is 0 Å². The minimum absolute atomic E-state index is 0.832. The maximum atomic E-state index is 5.29. The summed E-state index contributed by atoms with van der Waals surface area (Å²) in [4.78, 5) is 0. The van der Waals surface area contributed by atoms with E-state index < -0.39 is 0 Å². The minimum atomic E-state index is 0.832. The lowest BCUT2D eigenvalue weighted by atomic mass is 9.87. The molecule has 1 fully saturated rings. The summed E-state index contributed by atoms with van der Waals surface area (Å²) in [6.45, 7) is 0. The summed E-state index contributed by atoms with van der Waals surface area (Å²) < 4.78 is 5.29. The first-order valence-corrected chi connectivity index (χ1v) is 5.56. The third kappa shape index (κ3) is 1.08. The van der Waals surface area contributed by atoms with Gasteiger partial charge in [0, 0.05) is 0 Å². The molecule has 1 aromatic rings. The molecule has 2 bridgehead atoms. The van der Waals surface area contributed by atoms with Crippen LogP contribution in [0.3, 0.4) is 0 Å². The van der Waals surface area contributed by atoms with Crippen LogP contribution in [0.1, 0.15) is 48.6 Å². The van der Waals surface area contributed by atoms with Crippen molar-refractivity contribution in [1.82, 2.24) is 0 Å². The van der Waals surface area contributed by atoms with Crippen LogP contribution < -0.4 is 4.74 Å². The fraction of sp³-hybridized carbons (Fsp3) is 0.538. The highest BCUT2D eigenvalue weighted by Crippen LogP contribution is 2.51. The van der Waals surface area contributed by atoms with Crippen LogP contribution in [0, 0.1) is 0 Å². The van der Waals surface area contributed by atoms with E-state index >= 15 is 0 Å². The van der Waals surface area contributed by atoms with Crippen molar-refractivity contribution in [1.29, 1.82) is 0 Å². The number of benzene rings is 1. The quantitative estimate of drug-likeness (QED) is 0.656. The van der Waals surface area contributed by atoms with Crippen molar-refractivity contribution in [2.45, 2.75) is 37.5 Å². The predicted molar refractivity (Wildman–Crippen MR) is 56.9 cm³/mol. The van der Waals surface area contributed by atoms with E-state index in [2.05, 4.69) is 18.2 Å². The molecule has 0 saturated heterocycles. The molecule has 0 N–H and O–H groups in total. The SMILES string of the molecule is COc1ccc2c(c1)C1CCCC2C1. The Labute approximate surface area is 85.1 Å². The van der Waals surface area contributed by atoms with Gasteiger partial charge < -0.3 is 4.74 Å². The van der Waals surface area contributed by atoms with E-state index in [1.165, 1.54) is 25.7 Å². The highest BCUT2D eigenvalue weighted by Gasteiger charge is 2.33. The summed E-state index contributed by atoms with van der Waals surface area (Å²) >= 11 is 0. The van der Waals surface area contributed by atoms with Gasteiger partial charge in [-0.05, 0) is 54.4 Å². The monoisotopic (exact) mass is 188 g/mol. The normalized spacial score (nSPS) is 28.6. The zero-order valence-electron chi connectivity index (χ0n) is 8.62. The lowest BCUT2D eigenvalue weighted by molar-refractivity contribution is 0.413. The molecule has 1 nitrogen and oxygen atoms in total. The van der Waals surface area contributed by atoms with Crippen LogP contribution in [0.2, 0.25) is 0 Å². The first-order valence-electron chi connectivity index (χ1n) is 5.56. The van der Waals surface area contributed by atoms with E-state index in [-0.39, 0.29) is 0 Å². The van der Waals surface area contributed by atoms with Gasteiger partial charge >= 0.3 is 0 Å². The van der Waals surface area contributed by atoms with Gasteiger partial charge in [-0.1, -0.05) is 12.5 Å². The Bertz CT molecular complexity index is 356. The molecule has 0 radical (unpaired) electrons. The number of fused-ring (bicyclic) bond motifs is 5. The Morgan fingerprint density at radius 2 is 1.93 bits per heavy atom. The van der Waals surface area contributed by atoms with Gasteiger partial charge in [-0.3, -0.25) is 0 Å². The number of rotatable bonds is 1. The Hall–Kier alpha value is -0.980. The highest BCUT2D eigenvalue weighted by atomic mass is 16.5. The van der Waals surface area contributed by atoms with Crippen LogP contribution in [0.15, 0.2) is 18.2 Å². The molecule has 2 aliphatic carbocycles. The third-order valence-corrected chi connectivity index (χ3v) is 3.85. The van der Waals surface area contributed by atoms with Crippen molar-refractivity contribution in [2.75, 3.05) is 7.11 Å². The van der Waals surface area contributed by atoms with Crippen LogP contribution in [0.5, 0.6) is 5.75 Å². The average molecular weight is 188 g/mol. The topological polar surface area (TPSA) is 9.23 Å². The fourth-order valence-electron chi connectivity index (χ4n) is 3.16. The predicted octanol–water partition coefficient (Wildman–Crippen LogP) is 3.45. The van der Waals surface area contributed by atoms with E-state index in [4.69, 9.17) is 4.74 Å². The van der Waals surface area contributed by atoms with Crippen molar-refractivity contribution in [2.24, 2.45) is 0 Å². The van der Waals surface area contributed by atoms with Crippen molar-refractivity contribution in [3.63, 3.8) is 0 Å². The van der Waals surface area contributed by atoms with Gasteiger partial charge in [0.2, 0.25) is 0 Å². The highest BCUT2D eigenvalue weighted by molar-refractivity contribution is 5.44. The molecule has 0 spiro atoms.